The second kappa shape index (κ2) is 8.31. The summed E-state index contributed by atoms with van der Waals surface area (Å²) in [5.41, 5.74) is -0.777. The maximum absolute atomic E-state index is 13.2. The predicted molar refractivity (Wildman–Crippen MR) is 98.8 cm³/mol. The fourth-order valence-electron chi connectivity index (χ4n) is 2.27. The van der Waals surface area contributed by atoms with Gasteiger partial charge in [-0.05, 0) is 25.0 Å². The van der Waals surface area contributed by atoms with Gasteiger partial charge >= 0.3 is 6.18 Å². The number of allylic oxidation sites excluding steroid dienone is 2. The van der Waals surface area contributed by atoms with Crippen molar-refractivity contribution in [2.24, 2.45) is 0 Å². The lowest BCUT2D eigenvalue weighted by molar-refractivity contribution is -0.137. The van der Waals surface area contributed by atoms with Crippen LogP contribution in [-0.2, 0) is 6.18 Å². The number of rotatable bonds is 6. The van der Waals surface area contributed by atoms with Crippen molar-refractivity contribution >= 4 is 29.1 Å². The topological polar surface area (TPSA) is 33.2 Å². The molecule has 8 heteroatoms. The van der Waals surface area contributed by atoms with Crippen LogP contribution in [0.3, 0.4) is 0 Å². The number of aromatic nitrogens is 1. The van der Waals surface area contributed by atoms with Gasteiger partial charge in [-0.25, -0.2) is 4.98 Å². The Balaban J connectivity index is 2.37. The van der Waals surface area contributed by atoms with Gasteiger partial charge in [0, 0.05) is 29.9 Å². The van der Waals surface area contributed by atoms with E-state index in [-0.39, 0.29) is 5.15 Å². The lowest BCUT2D eigenvalue weighted by Gasteiger charge is -2.17. The van der Waals surface area contributed by atoms with Gasteiger partial charge in [0.15, 0.2) is 5.78 Å². The van der Waals surface area contributed by atoms with Crippen LogP contribution in [0.4, 0.5) is 13.2 Å². The average molecular weight is 403 g/mol. The number of ketones is 1. The molecule has 0 aromatic carbocycles. The molecular formula is C18H18ClF3N2OS. The largest absolute Gasteiger partial charge is 0.417 e. The average Bonchev–Trinajstić information content (AvgIpc) is 2.95. The molecule has 0 radical (unpaired) electrons. The van der Waals surface area contributed by atoms with Crippen LogP contribution in [0.5, 0.6) is 0 Å². The Labute approximate surface area is 159 Å². The standard InChI is InChI=1S/C18H18ClF3N2OS/c1-4-5-6-24-10-15(11(2)3)26-17(24)8-14(25)12-9-23-16(19)7-13(12)18(20,21)22/h7-10H,2,4-6H2,1,3H3. The molecular weight excluding hydrogens is 385 g/mol. The van der Waals surface area contributed by atoms with Gasteiger partial charge < -0.3 is 4.90 Å². The number of hydrogen-bond acceptors (Lipinski definition) is 4. The molecule has 0 saturated carbocycles. The van der Waals surface area contributed by atoms with E-state index in [2.05, 4.69) is 11.6 Å². The first-order valence-electron chi connectivity index (χ1n) is 7.94. The molecule has 3 nitrogen and oxygen atoms in total. The van der Waals surface area contributed by atoms with Crippen molar-refractivity contribution in [3.05, 3.63) is 62.9 Å². The maximum atomic E-state index is 13.2. The molecule has 0 aliphatic carbocycles. The fraction of sp³-hybridized carbons (Fsp3) is 0.333. The molecule has 0 atom stereocenters. The molecule has 140 valence electrons. The molecule has 0 saturated heterocycles. The number of alkyl halides is 3. The number of pyridine rings is 1. The van der Waals surface area contributed by atoms with Crippen LogP contribution in [-0.4, -0.2) is 22.2 Å². The quantitative estimate of drug-likeness (QED) is 0.329. The number of unbranched alkanes of at least 4 members (excludes halogenated alkanes) is 1. The first-order valence-corrected chi connectivity index (χ1v) is 9.14. The van der Waals surface area contributed by atoms with Crippen LogP contribution < -0.4 is 0 Å². The number of hydrogen-bond donors (Lipinski definition) is 0. The van der Waals surface area contributed by atoms with Gasteiger partial charge in [-0.15, -0.1) is 0 Å². The Kier molecular flexibility index (Phi) is 6.58. The third-order valence-corrected chi connectivity index (χ3v) is 5.08. The summed E-state index contributed by atoms with van der Waals surface area (Å²) >= 11 is 6.88. The predicted octanol–water partition coefficient (Wildman–Crippen LogP) is 6.04. The number of carbonyl (C=O) groups is 1. The minimum Gasteiger partial charge on any atom is -0.341 e. The van der Waals surface area contributed by atoms with Crippen LogP contribution in [0.15, 0.2) is 46.6 Å². The van der Waals surface area contributed by atoms with Gasteiger partial charge in [0.25, 0.3) is 0 Å². The molecule has 2 heterocycles. The highest BCUT2D eigenvalue weighted by molar-refractivity contribution is 8.07. The number of halogens is 4. The summed E-state index contributed by atoms with van der Waals surface area (Å²) in [6.45, 7) is 8.43. The smallest absolute Gasteiger partial charge is 0.341 e. The summed E-state index contributed by atoms with van der Waals surface area (Å²) in [7, 11) is 0. The molecule has 0 fully saturated rings. The van der Waals surface area contributed by atoms with Crippen molar-refractivity contribution in [2.75, 3.05) is 6.54 Å². The molecule has 0 bridgehead atoms. The number of thioether (sulfide) groups is 1. The van der Waals surface area contributed by atoms with Gasteiger partial charge in [-0.2, -0.15) is 13.2 Å². The van der Waals surface area contributed by atoms with Crippen LogP contribution in [0.1, 0.15) is 42.6 Å². The van der Waals surface area contributed by atoms with E-state index in [1.165, 1.54) is 17.8 Å². The first kappa shape index (κ1) is 20.6. The molecule has 1 aliphatic heterocycles. The van der Waals surface area contributed by atoms with Crippen LogP contribution in [0, 0.1) is 0 Å². The Morgan fingerprint density at radius 3 is 2.73 bits per heavy atom. The minimum absolute atomic E-state index is 0.312. The zero-order valence-electron chi connectivity index (χ0n) is 14.4. The summed E-state index contributed by atoms with van der Waals surface area (Å²) in [5.74, 6) is -0.762. The normalized spacial score (nSPS) is 16.2. The Hall–Kier alpha value is -1.73. The van der Waals surface area contributed by atoms with E-state index in [1.54, 1.807) is 0 Å². The zero-order valence-corrected chi connectivity index (χ0v) is 15.9. The molecule has 1 aromatic heterocycles. The van der Waals surface area contributed by atoms with Crippen molar-refractivity contribution in [3.8, 4) is 0 Å². The highest BCUT2D eigenvalue weighted by atomic mass is 35.5. The van der Waals surface area contributed by atoms with Gasteiger partial charge in [0.2, 0.25) is 0 Å². The van der Waals surface area contributed by atoms with Crippen LogP contribution in [0.25, 0.3) is 0 Å². The molecule has 26 heavy (non-hydrogen) atoms. The Bertz CT molecular complexity index is 787. The van der Waals surface area contributed by atoms with Crippen molar-refractivity contribution in [1.82, 2.24) is 9.88 Å². The highest BCUT2D eigenvalue weighted by Crippen LogP contribution is 2.40. The van der Waals surface area contributed by atoms with Gasteiger partial charge in [-0.3, -0.25) is 4.79 Å². The maximum Gasteiger partial charge on any atom is 0.417 e. The van der Waals surface area contributed by atoms with E-state index in [1.807, 2.05) is 24.9 Å². The molecule has 0 amide bonds. The summed E-state index contributed by atoms with van der Waals surface area (Å²) in [6.07, 6.45) is 1.11. The van der Waals surface area contributed by atoms with Crippen molar-refractivity contribution < 1.29 is 18.0 Å². The van der Waals surface area contributed by atoms with Crippen molar-refractivity contribution in [1.29, 1.82) is 0 Å². The van der Waals surface area contributed by atoms with Gasteiger partial charge in [-0.1, -0.05) is 43.3 Å². The lowest BCUT2D eigenvalue weighted by atomic mass is 10.1. The molecule has 0 spiro atoms. The monoisotopic (exact) mass is 402 g/mol. The van der Waals surface area contributed by atoms with Crippen molar-refractivity contribution in [3.63, 3.8) is 0 Å². The van der Waals surface area contributed by atoms with Gasteiger partial charge in [0.1, 0.15) is 5.15 Å². The molecule has 1 aromatic rings. The second-order valence-electron chi connectivity index (χ2n) is 5.82. The summed E-state index contributed by atoms with van der Waals surface area (Å²) in [4.78, 5) is 18.9. The van der Waals surface area contributed by atoms with Crippen LogP contribution in [0.2, 0.25) is 5.15 Å². The van der Waals surface area contributed by atoms with E-state index in [9.17, 15) is 18.0 Å². The summed E-state index contributed by atoms with van der Waals surface area (Å²) < 4.78 is 39.6. The summed E-state index contributed by atoms with van der Waals surface area (Å²) in [5, 5.41) is 0.261. The fourth-order valence-corrected chi connectivity index (χ4v) is 3.43. The van der Waals surface area contributed by atoms with Crippen molar-refractivity contribution in [2.45, 2.75) is 32.9 Å². The molecule has 2 rings (SSSR count). The lowest BCUT2D eigenvalue weighted by Crippen LogP contribution is -2.16. The van der Waals surface area contributed by atoms with E-state index in [0.717, 1.165) is 29.5 Å². The SMILES string of the molecule is C=C(C)C1=CN(CCCC)C(=CC(=O)c2cnc(Cl)cc2C(F)(F)F)S1. The third kappa shape index (κ3) is 4.92. The highest BCUT2D eigenvalue weighted by Gasteiger charge is 2.36. The van der Waals surface area contributed by atoms with E-state index < -0.39 is 23.1 Å². The summed E-state index contributed by atoms with van der Waals surface area (Å²) in [6, 6.07) is 0.668. The minimum atomic E-state index is -4.69. The van der Waals surface area contributed by atoms with Crippen LogP contribution >= 0.6 is 23.4 Å². The molecule has 1 aliphatic rings. The molecule has 0 unspecified atom stereocenters. The van der Waals surface area contributed by atoms with Gasteiger partial charge in [0.05, 0.1) is 16.2 Å². The number of carbonyl (C=O) groups excluding carboxylic acids is 1. The van der Waals surface area contributed by atoms with E-state index in [4.69, 9.17) is 11.6 Å². The first-order chi connectivity index (χ1) is 12.1. The second-order valence-corrected chi connectivity index (χ2v) is 7.27. The number of nitrogens with zero attached hydrogens (tertiary/aromatic N) is 2. The Morgan fingerprint density at radius 1 is 1.46 bits per heavy atom. The zero-order chi connectivity index (χ0) is 19.5. The molecule has 0 N–H and O–H groups in total. The Morgan fingerprint density at radius 2 is 2.15 bits per heavy atom. The third-order valence-electron chi connectivity index (χ3n) is 3.64. The van der Waals surface area contributed by atoms with E-state index in [0.29, 0.717) is 17.6 Å². The van der Waals surface area contributed by atoms with E-state index >= 15 is 0 Å².